The third kappa shape index (κ3) is 4.02. The van der Waals surface area contributed by atoms with Crippen molar-refractivity contribution in [1.29, 1.82) is 0 Å². The van der Waals surface area contributed by atoms with Gasteiger partial charge in [0.25, 0.3) is 5.91 Å². The van der Waals surface area contributed by atoms with Crippen molar-refractivity contribution in [1.82, 2.24) is 20.3 Å². The summed E-state index contributed by atoms with van der Waals surface area (Å²) in [6, 6.07) is 9.46. The lowest BCUT2D eigenvalue weighted by Gasteiger charge is -2.13. The molecule has 3 aromatic rings. The monoisotopic (exact) mass is 338 g/mol. The Labute approximate surface area is 143 Å². The predicted octanol–water partition coefficient (Wildman–Crippen LogP) is 2.14. The highest BCUT2D eigenvalue weighted by Crippen LogP contribution is 2.16. The van der Waals surface area contributed by atoms with Gasteiger partial charge in [-0.2, -0.15) is 0 Å². The zero-order chi connectivity index (χ0) is 17.6. The number of carbonyl (C=O) groups is 1. The van der Waals surface area contributed by atoms with E-state index in [0.717, 1.165) is 5.56 Å². The molecule has 0 unspecified atom stereocenters. The van der Waals surface area contributed by atoms with E-state index in [9.17, 15) is 14.3 Å². The first kappa shape index (κ1) is 16.7. The molecule has 126 valence electrons. The fourth-order valence-corrected chi connectivity index (χ4v) is 2.24. The number of halogens is 1. The van der Waals surface area contributed by atoms with Crippen LogP contribution in [0.2, 0.25) is 0 Å². The second-order valence-electron chi connectivity index (χ2n) is 5.28. The highest BCUT2D eigenvalue weighted by molar-refractivity contribution is 5.93. The Bertz CT molecular complexity index is 856. The van der Waals surface area contributed by atoms with Crippen LogP contribution in [0.3, 0.4) is 0 Å². The van der Waals surface area contributed by atoms with Gasteiger partial charge in [-0.25, -0.2) is 14.4 Å². The summed E-state index contributed by atoms with van der Waals surface area (Å²) in [6.45, 7) is -0.121. The van der Waals surface area contributed by atoms with E-state index in [4.69, 9.17) is 0 Å². The number of pyridine rings is 1. The van der Waals surface area contributed by atoms with Crippen molar-refractivity contribution in [3.8, 4) is 11.4 Å². The largest absolute Gasteiger partial charge is 0.386 e. The highest BCUT2D eigenvalue weighted by atomic mass is 19.1. The number of nitrogens with one attached hydrogen (secondary N) is 1. The topological polar surface area (TPSA) is 88.0 Å². The summed E-state index contributed by atoms with van der Waals surface area (Å²) in [4.78, 5) is 24.4. The third-order valence-corrected chi connectivity index (χ3v) is 3.55. The lowest BCUT2D eigenvalue weighted by molar-refractivity contribution is 0.0913. The van der Waals surface area contributed by atoms with Gasteiger partial charge >= 0.3 is 0 Å². The molecule has 2 heterocycles. The van der Waals surface area contributed by atoms with Gasteiger partial charge in [-0.1, -0.05) is 18.2 Å². The zero-order valence-corrected chi connectivity index (χ0v) is 13.1. The van der Waals surface area contributed by atoms with Gasteiger partial charge in [0.05, 0.1) is 11.7 Å². The van der Waals surface area contributed by atoms with Crippen LogP contribution < -0.4 is 5.32 Å². The van der Waals surface area contributed by atoms with Crippen LogP contribution in [0.25, 0.3) is 11.4 Å². The molecule has 0 bridgehead atoms. The molecule has 1 atom stereocenters. The Balaban J connectivity index is 1.63. The van der Waals surface area contributed by atoms with Gasteiger partial charge in [-0.05, 0) is 18.2 Å². The van der Waals surface area contributed by atoms with Crippen LogP contribution in [0.15, 0.2) is 61.2 Å². The molecule has 0 aliphatic rings. The minimum Gasteiger partial charge on any atom is -0.386 e. The number of aliphatic hydroxyl groups excluding tert-OH is 1. The minimum absolute atomic E-state index is 0.121. The molecule has 0 aliphatic carbocycles. The summed E-state index contributed by atoms with van der Waals surface area (Å²) in [7, 11) is 0. The van der Waals surface area contributed by atoms with Crippen LogP contribution in [0.4, 0.5) is 4.39 Å². The Morgan fingerprint density at radius 1 is 1.12 bits per heavy atom. The first-order valence-corrected chi connectivity index (χ1v) is 7.58. The third-order valence-electron chi connectivity index (χ3n) is 3.55. The summed E-state index contributed by atoms with van der Waals surface area (Å²) in [5.41, 5.74) is 1.11. The maximum atomic E-state index is 13.6. The van der Waals surface area contributed by atoms with Crippen LogP contribution in [0.5, 0.6) is 0 Å². The van der Waals surface area contributed by atoms with Crippen molar-refractivity contribution in [3.05, 3.63) is 78.1 Å². The Kier molecular flexibility index (Phi) is 5.06. The van der Waals surface area contributed by atoms with Crippen LogP contribution >= 0.6 is 0 Å². The molecule has 0 radical (unpaired) electrons. The summed E-state index contributed by atoms with van der Waals surface area (Å²) >= 11 is 0. The Morgan fingerprint density at radius 2 is 1.88 bits per heavy atom. The van der Waals surface area contributed by atoms with Crippen molar-refractivity contribution in [2.75, 3.05) is 6.54 Å². The number of aliphatic hydroxyl groups is 1. The van der Waals surface area contributed by atoms with Gasteiger partial charge in [0.15, 0.2) is 5.82 Å². The van der Waals surface area contributed by atoms with E-state index in [2.05, 4.69) is 20.3 Å². The maximum absolute atomic E-state index is 13.6. The van der Waals surface area contributed by atoms with Crippen molar-refractivity contribution >= 4 is 5.91 Å². The summed E-state index contributed by atoms with van der Waals surface area (Å²) in [5, 5.41) is 12.5. The normalized spacial score (nSPS) is 11.8. The van der Waals surface area contributed by atoms with Gasteiger partial charge in [-0.3, -0.25) is 9.78 Å². The van der Waals surface area contributed by atoms with Crippen molar-refractivity contribution < 1.29 is 14.3 Å². The molecular weight excluding hydrogens is 323 g/mol. The summed E-state index contributed by atoms with van der Waals surface area (Å²) in [6.07, 6.45) is 4.91. The van der Waals surface area contributed by atoms with Crippen LogP contribution in [-0.4, -0.2) is 32.5 Å². The number of rotatable bonds is 5. The Morgan fingerprint density at radius 3 is 2.56 bits per heavy atom. The smallest absolute Gasteiger partial charge is 0.254 e. The molecule has 2 N–H and O–H groups in total. The van der Waals surface area contributed by atoms with Crippen molar-refractivity contribution in [3.63, 3.8) is 0 Å². The van der Waals surface area contributed by atoms with Crippen LogP contribution in [-0.2, 0) is 0 Å². The van der Waals surface area contributed by atoms with Gasteiger partial charge in [0.1, 0.15) is 5.82 Å². The number of hydrogen-bond donors (Lipinski definition) is 2. The molecule has 1 amide bonds. The number of hydrogen-bond acceptors (Lipinski definition) is 5. The molecule has 0 saturated heterocycles. The standard InChI is InChI=1S/C18H15FN4O2/c19-15-6-2-1-5-14(15)16(24)11-23-18(25)13-9-21-17(22-10-13)12-4-3-7-20-8-12/h1-10,16,24H,11H2,(H,23,25)/t16-/m0/s1. The molecule has 1 aromatic carbocycles. The minimum atomic E-state index is -1.14. The second-order valence-corrected chi connectivity index (χ2v) is 5.28. The summed E-state index contributed by atoms with van der Waals surface area (Å²) < 4.78 is 13.6. The van der Waals surface area contributed by atoms with E-state index in [1.165, 1.54) is 30.6 Å². The average Bonchev–Trinajstić information content (AvgIpc) is 2.67. The summed E-state index contributed by atoms with van der Waals surface area (Å²) in [5.74, 6) is -0.516. The Hall–Kier alpha value is -3.19. The molecule has 6 nitrogen and oxygen atoms in total. The number of benzene rings is 1. The van der Waals surface area contributed by atoms with E-state index in [-0.39, 0.29) is 17.7 Å². The van der Waals surface area contributed by atoms with E-state index in [1.54, 1.807) is 24.5 Å². The molecule has 25 heavy (non-hydrogen) atoms. The molecule has 0 aliphatic heterocycles. The number of carbonyl (C=O) groups excluding carboxylic acids is 1. The molecule has 2 aromatic heterocycles. The zero-order valence-electron chi connectivity index (χ0n) is 13.1. The highest BCUT2D eigenvalue weighted by Gasteiger charge is 2.14. The van der Waals surface area contributed by atoms with E-state index >= 15 is 0 Å². The van der Waals surface area contributed by atoms with Crippen molar-refractivity contribution in [2.24, 2.45) is 0 Å². The molecule has 0 fully saturated rings. The number of aromatic nitrogens is 3. The fourth-order valence-electron chi connectivity index (χ4n) is 2.24. The van der Waals surface area contributed by atoms with Gasteiger partial charge in [-0.15, -0.1) is 0 Å². The molecule has 0 spiro atoms. The molecular formula is C18H15FN4O2. The van der Waals surface area contributed by atoms with Gasteiger partial charge in [0, 0.05) is 42.5 Å². The lowest BCUT2D eigenvalue weighted by atomic mass is 10.1. The number of amides is 1. The molecule has 7 heteroatoms. The van der Waals surface area contributed by atoms with Gasteiger partial charge in [0.2, 0.25) is 0 Å². The van der Waals surface area contributed by atoms with Crippen molar-refractivity contribution in [2.45, 2.75) is 6.10 Å². The second kappa shape index (κ2) is 7.59. The van der Waals surface area contributed by atoms with Crippen LogP contribution in [0, 0.1) is 5.82 Å². The molecule has 3 rings (SSSR count). The van der Waals surface area contributed by atoms with Gasteiger partial charge < -0.3 is 10.4 Å². The first-order valence-electron chi connectivity index (χ1n) is 7.58. The predicted molar refractivity (Wildman–Crippen MR) is 89.0 cm³/mol. The van der Waals surface area contributed by atoms with E-state index < -0.39 is 17.8 Å². The van der Waals surface area contributed by atoms with Crippen LogP contribution in [0.1, 0.15) is 22.0 Å². The first-order chi connectivity index (χ1) is 12.1. The lowest BCUT2D eigenvalue weighted by Crippen LogP contribution is -2.29. The van der Waals surface area contributed by atoms with E-state index in [0.29, 0.717) is 5.82 Å². The van der Waals surface area contributed by atoms with E-state index in [1.807, 2.05) is 6.07 Å². The fraction of sp³-hybridized carbons (Fsp3) is 0.111. The molecule has 0 saturated carbocycles. The number of nitrogens with zero attached hydrogens (tertiary/aromatic N) is 3. The maximum Gasteiger partial charge on any atom is 0.254 e. The SMILES string of the molecule is O=C(NC[C@H](O)c1ccccc1F)c1cnc(-c2cccnc2)nc1. The quantitative estimate of drug-likeness (QED) is 0.744. The average molecular weight is 338 g/mol.